The molecule has 0 radical (unpaired) electrons. The predicted molar refractivity (Wildman–Crippen MR) is 98.8 cm³/mol. The first kappa shape index (κ1) is 18.8. The van der Waals surface area contributed by atoms with Gasteiger partial charge in [-0.05, 0) is 31.1 Å². The lowest BCUT2D eigenvalue weighted by molar-refractivity contribution is -0.224. The van der Waals surface area contributed by atoms with E-state index in [-0.39, 0.29) is 18.1 Å². The fourth-order valence-corrected chi connectivity index (χ4v) is 3.83. The van der Waals surface area contributed by atoms with Gasteiger partial charge < -0.3 is 19.1 Å². The average Bonchev–Trinajstić information content (AvgIpc) is 3.21. The highest BCUT2D eigenvalue weighted by Gasteiger charge is 2.60. The van der Waals surface area contributed by atoms with Crippen LogP contribution in [0.4, 0.5) is 0 Å². The summed E-state index contributed by atoms with van der Waals surface area (Å²) in [5.74, 6) is 6.98. The molecule has 0 aromatic heterocycles. The lowest BCUT2D eigenvalue weighted by Gasteiger charge is -2.38. The number of ether oxygens (including phenoxy) is 3. The van der Waals surface area contributed by atoms with Crippen molar-refractivity contribution in [2.24, 2.45) is 17.3 Å². The van der Waals surface area contributed by atoms with E-state index in [2.05, 4.69) is 44.1 Å². The molecule has 1 aliphatic carbocycles. The molecule has 3 fully saturated rings. The van der Waals surface area contributed by atoms with Gasteiger partial charge in [0, 0.05) is 32.4 Å². The molecule has 4 heteroatoms. The van der Waals surface area contributed by atoms with Gasteiger partial charge in [0.2, 0.25) is 5.79 Å². The molecule has 140 valence electrons. The first-order chi connectivity index (χ1) is 11.8. The van der Waals surface area contributed by atoms with Crippen molar-refractivity contribution in [2.75, 3.05) is 27.4 Å². The van der Waals surface area contributed by atoms with E-state index in [9.17, 15) is 0 Å². The molecule has 0 amide bonds. The number of methoxy groups -OCH3 is 2. The maximum absolute atomic E-state index is 6.13. The topological polar surface area (TPSA) is 30.9 Å². The molecule has 3 unspecified atom stereocenters. The number of fused-ring (bicyclic) bond motifs is 1. The Morgan fingerprint density at radius 2 is 1.92 bits per heavy atom. The van der Waals surface area contributed by atoms with Gasteiger partial charge in [-0.1, -0.05) is 39.2 Å². The third-order valence-electron chi connectivity index (χ3n) is 5.68. The molecule has 1 saturated carbocycles. The highest BCUT2D eigenvalue weighted by Crippen LogP contribution is 2.44. The van der Waals surface area contributed by atoms with Gasteiger partial charge in [0.15, 0.2) is 0 Å². The molecule has 2 aliphatic heterocycles. The molecule has 0 N–H and O–H groups in total. The summed E-state index contributed by atoms with van der Waals surface area (Å²) in [6, 6.07) is 0.0217. The number of hydrogen-bond acceptors (Lipinski definition) is 4. The van der Waals surface area contributed by atoms with E-state index in [4.69, 9.17) is 14.2 Å². The zero-order valence-corrected chi connectivity index (χ0v) is 16.4. The summed E-state index contributed by atoms with van der Waals surface area (Å²) >= 11 is 0. The Labute approximate surface area is 152 Å². The van der Waals surface area contributed by atoms with Gasteiger partial charge >= 0.3 is 0 Å². The van der Waals surface area contributed by atoms with Gasteiger partial charge in [0.1, 0.15) is 12.6 Å². The van der Waals surface area contributed by atoms with Crippen LogP contribution < -0.4 is 0 Å². The van der Waals surface area contributed by atoms with Crippen molar-refractivity contribution in [3.63, 3.8) is 0 Å². The first-order valence-electron chi connectivity index (χ1n) is 9.47. The van der Waals surface area contributed by atoms with E-state index in [1.807, 2.05) is 0 Å². The van der Waals surface area contributed by atoms with E-state index in [0.717, 1.165) is 25.1 Å². The second kappa shape index (κ2) is 6.95. The third-order valence-corrected chi connectivity index (χ3v) is 5.68. The highest BCUT2D eigenvalue weighted by atomic mass is 16.7. The first-order valence-corrected chi connectivity index (χ1v) is 9.47. The summed E-state index contributed by atoms with van der Waals surface area (Å²) in [5, 5.41) is 0. The molecule has 2 saturated heterocycles. The summed E-state index contributed by atoms with van der Waals surface area (Å²) in [5.41, 5.74) is 1.43. The normalized spacial score (nSPS) is 30.8. The molecular formula is C21H33NO3. The molecule has 3 aliphatic rings. The zero-order chi connectivity index (χ0) is 18.2. The molecule has 3 rings (SSSR count). The molecule has 0 bridgehead atoms. The summed E-state index contributed by atoms with van der Waals surface area (Å²) in [6.45, 7) is 12.5. The predicted octanol–water partition coefficient (Wildman–Crippen LogP) is 3.43. The number of nitrogens with zero attached hydrogens (tertiary/aromatic N) is 1. The molecule has 0 aromatic carbocycles. The van der Waals surface area contributed by atoms with E-state index in [0.29, 0.717) is 17.9 Å². The van der Waals surface area contributed by atoms with E-state index in [1.54, 1.807) is 14.2 Å². The van der Waals surface area contributed by atoms with Crippen LogP contribution in [-0.2, 0) is 14.2 Å². The van der Waals surface area contributed by atoms with Crippen molar-refractivity contribution < 1.29 is 14.2 Å². The van der Waals surface area contributed by atoms with Crippen LogP contribution in [0.2, 0.25) is 0 Å². The molecular weight excluding hydrogens is 314 g/mol. The van der Waals surface area contributed by atoms with Gasteiger partial charge in [-0.2, -0.15) is 0 Å². The number of allylic oxidation sites excluding steroid dienone is 1. The zero-order valence-electron chi connectivity index (χ0n) is 16.4. The lowest BCUT2D eigenvalue weighted by atomic mass is 9.89. The smallest absolute Gasteiger partial charge is 0.215 e. The van der Waals surface area contributed by atoms with E-state index >= 15 is 0 Å². The van der Waals surface area contributed by atoms with Gasteiger partial charge in [0.05, 0.1) is 12.0 Å². The van der Waals surface area contributed by atoms with Crippen LogP contribution in [0.15, 0.2) is 12.3 Å². The van der Waals surface area contributed by atoms with Crippen LogP contribution >= 0.6 is 0 Å². The molecule has 25 heavy (non-hydrogen) atoms. The average molecular weight is 347 g/mol. The number of likely N-dealkylation sites (tertiary alicyclic amines) is 1. The molecule has 2 heterocycles. The quantitative estimate of drug-likeness (QED) is 0.563. The Hall–Kier alpha value is -1.02. The summed E-state index contributed by atoms with van der Waals surface area (Å²) in [7, 11) is 3.41. The molecule has 0 spiro atoms. The van der Waals surface area contributed by atoms with Crippen LogP contribution in [0, 0.1) is 29.1 Å². The van der Waals surface area contributed by atoms with Crippen LogP contribution in [0.1, 0.15) is 46.5 Å². The SMILES string of the molecule is C=C(CCC(C)(C)C)N1CC(C#CC2CC2)C2OCC(OC)(OC)C21. The fourth-order valence-electron chi connectivity index (χ4n) is 3.83. The number of rotatable bonds is 5. The van der Waals surface area contributed by atoms with Gasteiger partial charge in [-0.25, -0.2) is 0 Å². The third kappa shape index (κ3) is 3.89. The Balaban J connectivity index is 1.79. The van der Waals surface area contributed by atoms with Crippen molar-refractivity contribution >= 4 is 0 Å². The molecule has 3 atom stereocenters. The summed E-state index contributed by atoms with van der Waals surface area (Å²) in [4.78, 5) is 2.35. The maximum Gasteiger partial charge on any atom is 0.215 e. The lowest BCUT2D eigenvalue weighted by Crippen LogP contribution is -2.53. The van der Waals surface area contributed by atoms with Crippen LogP contribution in [0.3, 0.4) is 0 Å². The van der Waals surface area contributed by atoms with Crippen LogP contribution in [0.5, 0.6) is 0 Å². The Bertz CT molecular complexity index is 560. The monoisotopic (exact) mass is 347 g/mol. The minimum absolute atomic E-state index is 0.0217. The molecule has 0 aromatic rings. The number of hydrogen-bond donors (Lipinski definition) is 0. The minimum atomic E-state index is -0.731. The van der Waals surface area contributed by atoms with Gasteiger partial charge in [0.25, 0.3) is 0 Å². The second-order valence-corrected chi connectivity index (χ2v) is 8.89. The fraction of sp³-hybridized carbons (Fsp3) is 0.810. The van der Waals surface area contributed by atoms with E-state index < -0.39 is 5.79 Å². The maximum atomic E-state index is 6.13. The Morgan fingerprint density at radius 3 is 2.48 bits per heavy atom. The standard InChI is InChI=1S/C21H33NO3/c1-15(11-12-20(2,3)4)22-13-17(10-9-16-7-8-16)18-19(22)21(23-5,24-6)14-25-18/h16-19H,1,7-8,11-14H2,2-6H3. The Morgan fingerprint density at radius 1 is 1.24 bits per heavy atom. The van der Waals surface area contributed by atoms with Crippen molar-refractivity contribution in [1.29, 1.82) is 0 Å². The summed E-state index contributed by atoms with van der Waals surface area (Å²) < 4.78 is 17.7. The van der Waals surface area contributed by atoms with Crippen molar-refractivity contribution in [2.45, 2.75) is 64.4 Å². The van der Waals surface area contributed by atoms with E-state index in [1.165, 1.54) is 12.8 Å². The van der Waals surface area contributed by atoms with Crippen LogP contribution in [0.25, 0.3) is 0 Å². The van der Waals surface area contributed by atoms with Gasteiger partial charge in [-0.3, -0.25) is 0 Å². The second-order valence-electron chi connectivity index (χ2n) is 8.89. The largest absolute Gasteiger partial charge is 0.369 e. The minimum Gasteiger partial charge on any atom is -0.369 e. The van der Waals surface area contributed by atoms with Crippen molar-refractivity contribution in [3.8, 4) is 11.8 Å². The van der Waals surface area contributed by atoms with Crippen molar-refractivity contribution in [3.05, 3.63) is 12.3 Å². The van der Waals surface area contributed by atoms with Crippen molar-refractivity contribution in [1.82, 2.24) is 4.90 Å². The molecule has 4 nitrogen and oxygen atoms in total. The van der Waals surface area contributed by atoms with Gasteiger partial charge in [-0.15, -0.1) is 0 Å². The Kier molecular flexibility index (Phi) is 5.21. The highest BCUT2D eigenvalue weighted by molar-refractivity contribution is 5.22. The summed E-state index contributed by atoms with van der Waals surface area (Å²) in [6.07, 6.45) is 4.59. The van der Waals surface area contributed by atoms with Crippen LogP contribution in [-0.4, -0.2) is 50.2 Å².